The Morgan fingerprint density at radius 2 is 1.86 bits per heavy atom. The van der Waals surface area contributed by atoms with Crippen LogP contribution < -0.4 is 24.8 Å². The van der Waals surface area contributed by atoms with Crippen molar-refractivity contribution in [1.29, 1.82) is 0 Å². The molecule has 2 aromatic rings. The number of carbonyl (C=O) groups is 1. The van der Waals surface area contributed by atoms with Crippen molar-refractivity contribution in [2.24, 2.45) is 0 Å². The zero-order chi connectivity index (χ0) is 20.5. The maximum absolute atomic E-state index is 12.7. The summed E-state index contributed by atoms with van der Waals surface area (Å²) in [4.78, 5) is 12.7. The number of hydrogen-bond donors (Lipinski definition) is 2. The van der Waals surface area contributed by atoms with Crippen LogP contribution in [0.1, 0.15) is 37.0 Å². The van der Waals surface area contributed by atoms with E-state index in [0.29, 0.717) is 42.9 Å². The maximum Gasteiger partial charge on any atom is 0.251 e. The summed E-state index contributed by atoms with van der Waals surface area (Å²) in [5.41, 5.74) is 0.576. The lowest BCUT2D eigenvalue weighted by Gasteiger charge is -2.28. The van der Waals surface area contributed by atoms with Gasteiger partial charge in [0.25, 0.3) is 5.91 Å². The van der Waals surface area contributed by atoms with Crippen LogP contribution in [0.5, 0.6) is 17.2 Å². The lowest BCUT2D eigenvalue weighted by molar-refractivity contribution is 0.0925. The van der Waals surface area contributed by atoms with Gasteiger partial charge < -0.3 is 24.8 Å². The summed E-state index contributed by atoms with van der Waals surface area (Å²) in [6.07, 6.45) is 1.88. The molecule has 1 heterocycles. The van der Waals surface area contributed by atoms with Crippen LogP contribution >= 0.6 is 0 Å². The molecule has 0 aliphatic carbocycles. The van der Waals surface area contributed by atoms with E-state index in [1.54, 1.807) is 18.2 Å². The summed E-state index contributed by atoms with van der Waals surface area (Å²) in [7, 11) is 0. The molecule has 0 radical (unpaired) electrons. The highest BCUT2D eigenvalue weighted by atomic mass is 16.5. The van der Waals surface area contributed by atoms with Crippen LogP contribution in [0.25, 0.3) is 0 Å². The van der Waals surface area contributed by atoms with Gasteiger partial charge in [0.2, 0.25) is 0 Å². The van der Waals surface area contributed by atoms with Gasteiger partial charge in [0, 0.05) is 17.6 Å². The molecule has 3 rings (SSSR count). The first-order valence-corrected chi connectivity index (χ1v) is 10.3. The molecule has 2 unspecified atom stereocenters. The molecule has 1 saturated heterocycles. The number of piperidine rings is 1. The molecule has 6 nitrogen and oxygen atoms in total. The molecule has 0 aromatic heterocycles. The average Bonchev–Trinajstić information content (AvgIpc) is 2.73. The standard InChI is InChI=1S/C23H30N2O4/c1-3-27-22-16-18(23(26)25-19-11-12-24-17(2)15-19)9-10-21(22)29-14-13-28-20-7-5-4-6-8-20/h4-10,16-17,19,24H,3,11-15H2,1-2H3,(H,25,26). The molecular weight excluding hydrogens is 368 g/mol. The molecule has 0 bridgehead atoms. The molecule has 156 valence electrons. The molecule has 29 heavy (non-hydrogen) atoms. The van der Waals surface area contributed by atoms with Gasteiger partial charge >= 0.3 is 0 Å². The van der Waals surface area contributed by atoms with E-state index < -0.39 is 0 Å². The van der Waals surface area contributed by atoms with Crippen LogP contribution in [0.4, 0.5) is 0 Å². The summed E-state index contributed by atoms with van der Waals surface area (Å²) in [6.45, 7) is 6.27. The number of amides is 1. The van der Waals surface area contributed by atoms with Crippen molar-refractivity contribution in [1.82, 2.24) is 10.6 Å². The smallest absolute Gasteiger partial charge is 0.251 e. The van der Waals surface area contributed by atoms with Gasteiger partial charge in [-0.25, -0.2) is 0 Å². The number of ether oxygens (including phenoxy) is 3. The van der Waals surface area contributed by atoms with Crippen molar-refractivity contribution >= 4 is 5.91 Å². The molecule has 1 aliphatic rings. The fourth-order valence-corrected chi connectivity index (χ4v) is 3.40. The fourth-order valence-electron chi connectivity index (χ4n) is 3.40. The quantitative estimate of drug-likeness (QED) is 0.634. The molecule has 2 aromatic carbocycles. The highest BCUT2D eigenvalue weighted by Gasteiger charge is 2.21. The van der Waals surface area contributed by atoms with Gasteiger partial charge in [0.05, 0.1) is 6.61 Å². The molecule has 6 heteroatoms. The molecule has 1 amide bonds. The van der Waals surface area contributed by atoms with Crippen molar-refractivity contribution in [3.05, 3.63) is 54.1 Å². The molecule has 2 atom stereocenters. The van der Waals surface area contributed by atoms with E-state index in [0.717, 1.165) is 25.1 Å². The molecule has 1 fully saturated rings. The van der Waals surface area contributed by atoms with E-state index in [1.807, 2.05) is 37.3 Å². The van der Waals surface area contributed by atoms with Crippen molar-refractivity contribution in [2.45, 2.75) is 38.8 Å². The van der Waals surface area contributed by atoms with Crippen molar-refractivity contribution in [3.63, 3.8) is 0 Å². The molecule has 0 saturated carbocycles. The Labute approximate surface area is 172 Å². The first-order chi connectivity index (χ1) is 14.2. The average molecular weight is 399 g/mol. The third-order valence-electron chi connectivity index (χ3n) is 4.82. The van der Waals surface area contributed by atoms with Crippen molar-refractivity contribution in [2.75, 3.05) is 26.4 Å². The van der Waals surface area contributed by atoms with Gasteiger partial charge in [-0.05, 0) is 63.6 Å². The highest BCUT2D eigenvalue weighted by molar-refractivity contribution is 5.95. The normalized spacial score (nSPS) is 18.7. The minimum atomic E-state index is -0.0796. The number of hydrogen-bond acceptors (Lipinski definition) is 5. The van der Waals surface area contributed by atoms with Crippen LogP contribution in [0.2, 0.25) is 0 Å². The SMILES string of the molecule is CCOc1cc(C(=O)NC2CCNC(C)C2)ccc1OCCOc1ccccc1. The second kappa shape index (κ2) is 10.7. The largest absolute Gasteiger partial charge is 0.490 e. The second-order valence-corrected chi connectivity index (χ2v) is 7.15. The lowest BCUT2D eigenvalue weighted by Crippen LogP contribution is -2.46. The second-order valence-electron chi connectivity index (χ2n) is 7.15. The molecule has 1 aliphatic heterocycles. The summed E-state index contributed by atoms with van der Waals surface area (Å²) >= 11 is 0. The third-order valence-corrected chi connectivity index (χ3v) is 4.82. The Balaban J connectivity index is 1.56. The predicted octanol–water partition coefficient (Wildman–Crippen LogP) is 3.41. The van der Waals surface area contributed by atoms with Crippen LogP contribution in [-0.2, 0) is 0 Å². The monoisotopic (exact) mass is 398 g/mol. The van der Waals surface area contributed by atoms with E-state index in [1.165, 1.54) is 0 Å². The zero-order valence-corrected chi connectivity index (χ0v) is 17.1. The van der Waals surface area contributed by atoms with E-state index >= 15 is 0 Å². The summed E-state index contributed by atoms with van der Waals surface area (Å²) in [5.74, 6) is 1.90. The Hall–Kier alpha value is -2.73. The van der Waals surface area contributed by atoms with E-state index in [4.69, 9.17) is 14.2 Å². The van der Waals surface area contributed by atoms with Crippen LogP contribution in [-0.4, -0.2) is 44.4 Å². The topological polar surface area (TPSA) is 68.8 Å². The maximum atomic E-state index is 12.7. The summed E-state index contributed by atoms with van der Waals surface area (Å²) in [5, 5.41) is 6.52. The van der Waals surface area contributed by atoms with E-state index in [-0.39, 0.29) is 11.9 Å². The Kier molecular flexibility index (Phi) is 7.76. The Morgan fingerprint density at radius 3 is 2.62 bits per heavy atom. The molecule has 2 N–H and O–H groups in total. The number of rotatable bonds is 9. The van der Waals surface area contributed by atoms with E-state index in [9.17, 15) is 4.79 Å². The van der Waals surface area contributed by atoms with Crippen LogP contribution in [0.3, 0.4) is 0 Å². The Bertz CT molecular complexity index is 782. The van der Waals surface area contributed by atoms with Gasteiger partial charge in [-0.3, -0.25) is 4.79 Å². The number of benzene rings is 2. The zero-order valence-electron chi connectivity index (χ0n) is 17.1. The summed E-state index contributed by atoms with van der Waals surface area (Å²) < 4.78 is 17.2. The lowest BCUT2D eigenvalue weighted by atomic mass is 10.0. The van der Waals surface area contributed by atoms with Gasteiger partial charge in [-0.1, -0.05) is 18.2 Å². The minimum absolute atomic E-state index is 0.0796. The molecule has 0 spiro atoms. The predicted molar refractivity (Wildman–Crippen MR) is 113 cm³/mol. The third kappa shape index (κ3) is 6.39. The summed E-state index contributed by atoms with van der Waals surface area (Å²) in [6, 6.07) is 15.5. The van der Waals surface area contributed by atoms with Crippen LogP contribution in [0.15, 0.2) is 48.5 Å². The fraction of sp³-hybridized carbons (Fsp3) is 0.435. The minimum Gasteiger partial charge on any atom is -0.490 e. The molecular formula is C23H30N2O4. The van der Waals surface area contributed by atoms with Gasteiger partial charge in [0.15, 0.2) is 11.5 Å². The van der Waals surface area contributed by atoms with Gasteiger partial charge in [-0.2, -0.15) is 0 Å². The Morgan fingerprint density at radius 1 is 1.07 bits per heavy atom. The van der Waals surface area contributed by atoms with Gasteiger partial charge in [-0.15, -0.1) is 0 Å². The van der Waals surface area contributed by atoms with E-state index in [2.05, 4.69) is 17.6 Å². The number of para-hydroxylation sites is 1. The highest BCUT2D eigenvalue weighted by Crippen LogP contribution is 2.28. The van der Waals surface area contributed by atoms with Gasteiger partial charge in [0.1, 0.15) is 19.0 Å². The van der Waals surface area contributed by atoms with Crippen LogP contribution in [0, 0.1) is 0 Å². The van der Waals surface area contributed by atoms with Crippen molar-refractivity contribution < 1.29 is 19.0 Å². The first kappa shape index (κ1) is 21.0. The first-order valence-electron chi connectivity index (χ1n) is 10.3. The number of carbonyl (C=O) groups excluding carboxylic acids is 1. The number of nitrogens with one attached hydrogen (secondary N) is 2. The van der Waals surface area contributed by atoms with Crippen molar-refractivity contribution in [3.8, 4) is 17.2 Å².